The number of nitrogens with one attached hydrogen (secondary N) is 1. The van der Waals surface area contributed by atoms with Gasteiger partial charge in [0.05, 0.1) is 21.5 Å². The van der Waals surface area contributed by atoms with Gasteiger partial charge in [-0.3, -0.25) is 4.79 Å². The zero-order valence-electron chi connectivity index (χ0n) is 18.3. The Hall–Kier alpha value is -3.57. The van der Waals surface area contributed by atoms with E-state index in [1.54, 1.807) is 16.8 Å². The molecule has 11 heteroatoms. The van der Waals surface area contributed by atoms with Gasteiger partial charge in [0, 0.05) is 25.1 Å². The lowest BCUT2D eigenvalue weighted by Gasteiger charge is -2.27. The van der Waals surface area contributed by atoms with E-state index < -0.39 is 27.7 Å². The molecule has 5 rings (SSSR count). The third-order valence-electron chi connectivity index (χ3n) is 5.68. The largest absolute Gasteiger partial charge is 0.457 e. The molecular weight excluding hydrogens is 461 g/mol. The van der Waals surface area contributed by atoms with Crippen molar-refractivity contribution in [1.82, 2.24) is 24.6 Å². The zero-order chi connectivity index (χ0) is 23.9. The van der Waals surface area contributed by atoms with Gasteiger partial charge >= 0.3 is 6.01 Å². The van der Waals surface area contributed by atoms with Crippen LogP contribution in [-0.2, 0) is 9.84 Å². The van der Waals surface area contributed by atoms with Crippen molar-refractivity contribution in [3.05, 3.63) is 71.1 Å². The van der Waals surface area contributed by atoms with Crippen LogP contribution in [0.3, 0.4) is 0 Å². The highest BCUT2D eigenvalue weighted by molar-refractivity contribution is 7.91. The second kappa shape index (κ2) is 8.65. The number of para-hydroxylation sites is 1. The molecule has 1 fully saturated rings. The Balaban J connectivity index is 1.79. The quantitative estimate of drug-likeness (QED) is 0.463. The molecule has 1 N–H and O–H groups in total. The van der Waals surface area contributed by atoms with Crippen LogP contribution in [0.2, 0.25) is 0 Å². The van der Waals surface area contributed by atoms with E-state index in [2.05, 4.69) is 15.4 Å². The van der Waals surface area contributed by atoms with Crippen LogP contribution in [0.15, 0.2) is 70.5 Å². The lowest BCUT2D eigenvalue weighted by Crippen LogP contribution is -2.46. The number of nitrogens with zero attached hydrogens (tertiary/aromatic N) is 4. The number of halogens is 1. The van der Waals surface area contributed by atoms with Crippen LogP contribution in [0.4, 0.5) is 4.39 Å². The Bertz CT molecular complexity index is 1520. The normalized spacial score (nSPS) is 18.8. The van der Waals surface area contributed by atoms with Crippen molar-refractivity contribution in [2.75, 3.05) is 19.3 Å². The second-order valence-electron chi connectivity index (χ2n) is 8.06. The van der Waals surface area contributed by atoms with Gasteiger partial charge < -0.3 is 10.1 Å². The van der Waals surface area contributed by atoms with Crippen molar-refractivity contribution in [2.24, 2.45) is 0 Å². The highest BCUT2D eigenvalue weighted by Gasteiger charge is 2.29. The van der Waals surface area contributed by atoms with Crippen molar-refractivity contribution in [2.45, 2.75) is 23.6 Å². The highest BCUT2D eigenvalue weighted by Crippen LogP contribution is 2.32. The molecule has 2 aromatic heterocycles. The van der Waals surface area contributed by atoms with Gasteiger partial charge in [-0.05, 0) is 37.2 Å². The lowest BCUT2D eigenvalue weighted by atomic mass is 10.1. The maximum atomic E-state index is 14.5. The molecule has 2 atom stereocenters. The average Bonchev–Trinajstić information content (AvgIpc) is 3.20. The summed E-state index contributed by atoms with van der Waals surface area (Å²) in [7, 11) is -3.69. The third kappa shape index (κ3) is 3.97. The molecule has 9 nitrogen and oxygen atoms in total. The highest BCUT2D eigenvalue weighted by atomic mass is 32.2. The van der Waals surface area contributed by atoms with Gasteiger partial charge in [-0.1, -0.05) is 24.3 Å². The minimum atomic E-state index is -3.69. The Morgan fingerprint density at radius 1 is 1.12 bits per heavy atom. The van der Waals surface area contributed by atoms with Crippen LogP contribution >= 0.6 is 0 Å². The molecule has 0 amide bonds. The summed E-state index contributed by atoms with van der Waals surface area (Å²) in [4.78, 5) is 17.2. The molecule has 0 radical (unpaired) electrons. The van der Waals surface area contributed by atoms with Crippen molar-refractivity contribution < 1.29 is 17.5 Å². The summed E-state index contributed by atoms with van der Waals surface area (Å²) in [5.41, 5.74) is 0.615. The van der Waals surface area contributed by atoms with E-state index in [1.165, 1.54) is 18.3 Å². The standard InChI is InChI=1S/C23H22FN5O4S/c1-34(31,32)19-9-5-8-17-21(19)22(27-29(17)15-6-3-2-4-7-15)28-20(30)11-13-26-23(28)33-18-14-25-12-10-16(18)24/h2-9,11,13,16,18,25H,10,12,14H2,1H3/t16-,18-/m1/s1. The maximum absolute atomic E-state index is 14.5. The molecule has 0 unspecified atom stereocenters. The van der Waals surface area contributed by atoms with Gasteiger partial charge in [0.25, 0.3) is 5.56 Å². The van der Waals surface area contributed by atoms with E-state index in [9.17, 15) is 17.6 Å². The van der Waals surface area contributed by atoms with Gasteiger partial charge in [-0.25, -0.2) is 27.0 Å². The summed E-state index contributed by atoms with van der Waals surface area (Å²) in [6.07, 6.45) is 0.538. The van der Waals surface area contributed by atoms with Gasteiger partial charge in [0.2, 0.25) is 0 Å². The molecule has 176 valence electrons. The van der Waals surface area contributed by atoms with Crippen LogP contribution in [0.25, 0.3) is 22.4 Å². The molecule has 0 bridgehead atoms. The first kappa shape index (κ1) is 22.2. The maximum Gasteiger partial charge on any atom is 0.305 e. The number of alkyl halides is 1. The number of hydrogen-bond donors (Lipinski definition) is 1. The first-order valence-electron chi connectivity index (χ1n) is 10.7. The number of fused-ring (bicyclic) bond motifs is 1. The summed E-state index contributed by atoms with van der Waals surface area (Å²) in [6, 6.07) is 15.0. The SMILES string of the molecule is CS(=O)(=O)c1cccc2c1c(-n1c(O[C@@H]3CNCC[C@H]3F)nccc1=O)nn2-c1ccccc1. The molecular formula is C23H22FN5O4S. The van der Waals surface area contributed by atoms with Crippen LogP contribution in [0.1, 0.15) is 6.42 Å². The summed E-state index contributed by atoms with van der Waals surface area (Å²) in [5.74, 6) is 0.0344. The van der Waals surface area contributed by atoms with E-state index in [0.717, 1.165) is 10.8 Å². The van der Waals surface area contributed by atoms with E-state index >= 15 is 0 Å². The first-order valence-corrected chi connectivity index (χ1v) is 12.6. The number of sulfone groups is 1. The predicted molar refractivity (Wildman–Crippen MR) is 124 cm³/mol. The summed E-state index contributed by atoms with van der Waals surface area (Å²) in [6.45, 7) is 0.777. The first-order chi connectivity index (χ1) is 16.3. The molecule has 0 saturated carbocycles. The zero-order valence-corrected chi connectivity index (χ0v) is 19.1. The van der Waals surface area contributed by atoms with Gasteiger partial charge in [0.1, 0.15) is 12.3 Å². The fraction of sp³-hybridized carbons (Fsp3) is 0.261. The van der Waals surface area contributed by atoms with Crippen molar-refractivity contribution in [3.63, 3.8) is 0 Å². The van der Waals surface area contributed by atoms with E-state index in [-0.39, 0.29) is 35.1 Å². The van der Waals surface area contributed by atoms with Gasteiger partial charge in [0.15, 0.2) is 15.7 Å². The Kier molecular flexibility index (Phi) is 5.66. The summed E-state index contributed by atoms with van der Waals surface area (Å²) < 4.78 is 48.3. The van der Waals surface area contributed by atoms with Crippen molar-refractivity contribution >= 4 is 20.7 Å². The number of ether oxygens (including phenoxy) is 1. The van der Waals surface area contributed by atoms with E-state index in [4.69, 9.17) is 4.74 Å². The number of rotatable bonds is 5. The fourth-order valence-electron chi connectivity index (χ4n) is 4.07. The van der Waals surface area contributed by atoms with Gasteiger partial charge in [-0.2, -0.15) is 0 Å². The molecule has 0 spiro atoms. The second-order valence-corrected chi connectivity index (χ2v) is 10.0. The molecule has 3 heterocycles. The number of piperidine rings is 1. The van der Waals surface area contributed by atoms with Crippen LogP contribution in [0, 0.1) is 0 Å². The Morgan fingerprint density at radius 2 is 1.91 bits per heavy atom. The molecule has 2 aromatic carbocycles. The fourth-order valence-corrected chi connectivity index (χ4v) is 4.96. The molecule has 1 saturated heterocycles. The number of hydrogen-bond acceptors (Lipinski definition) is 7. The smallest absolute Gasteiger partial charge is 0.305 e. The molecule has 1 aliphatic heterocycles. The van der Waals surface area contributed by atoms with Crippen LogP contribution in [-0.4, -0.2) is 59.4 Å². The van der Waals surface area contributed by atoms with E-state index in [0.29, 0.717) is 17.7 Å². The predicted octanol–water partition coefficient (Wildman–Crippen LogP) is 2.05. The third-order valence-corrected chi connectivity index (χ3v) is 6.82. The lowest BCUT2D eigenvalue weighted by molar-refractivity contribution is 0.0642. The minimum Gasteiger partial charge on any atom is -0.457 e. The van der Waals surface area contributed by atoms with Crippen molar-refractivity contribution in [1.29, 1.82) is 0 Å². The van der Waals surface area contributed by atoms with E-state index in [1.807, 2.05) is 30.3 Å². The van der Waals surface area contributed by atoms with Crippen molar-refractivity contribution in [3.8, 4) is 17.5 Å². The molecule has 1 aliphatic rings. The Morgan fingerprint density at radius 3 is 2.65 bits per heavy atom. The molecule has 4 aromatic rings. The average molecular weight is 484 g/mol. The van der Waals surface area contributed by atoms with Crippen LogP contribution < -0.4 is 15.6 Å². The topological polar surface area (TPSA) is 108 Å². The van der Waals surface area contributed by atoms with Crippen LogP contribution in [0.5, 0.6) is 6.01 Å². The minimum absolute atomic E-state index is 0.00610. The molecule has 0 aliphatic carbocycles. The van der Waals surface area contributed by atoms with Gasteiger partial charge in [-0.15, -0.1) is 5.10 Å². The Labute approximate surface area is 194 Å². The monoisotopic (exact) mass is 483 g/mol. The summed E-state index contributed by atoms with van der Waals surface area (Å²) in [5, 5.41) is 7.93. The molecule has 34 heavy (non-hydrogen) atoms. The number of benzene rings is 2. The summed E-state index contributed by atoms with van der Waals surface area (Å²) >= 11 is 0. The number of aromatic nitrogens is 4.